The SMILES string of the molecule is CCN(CC)CCC1(c2ccccc2)C(=O)OC2CCCCC21. The first-order chi connectivity index (χ1) is 11.2. The zero-order chi connectivity index (χ0) is 16.3. The molecule has 3 heteroatoms. The maximum absolute atomic E-state index is 13.0. The number of benzene rings is 1. The van der Waals surface area contributed by atoms with E-state index in [1.165, 1.54) is 12.8 Å². The fraction of sp³-hybridized carbons (Fsp3) is 0.650. The van der Waals surface area contributed by atoms with Crippen LogP contribution in [0.5, 0.6) is 0 Å². The van der Waals surface area contributed by atoms with Crippen molar-refractivity contribution in [1.29, 1.82) is 0 Å². The van der Waals surface area contributed by atoms with E-state index in [0.29, 0.717) is 5.92 Å². The third kappa shape index (κ3) is 2.91. The molecule has 3 rings (SSSR count). The highest BCUT2D eigenvalue weighted by molar-refractivity contribution is 5.86. The summed E-state index contributed by atoms with van der Waals surface area (Å²) in [6.07, 6.45) is 5.57. The molecule has 1 aliphatic heterocycles. The van der Waals surface area contributed by atoms with E-state index in [-0.39, 0.29) is 12.1 Å². The van der Waals surface area contributed by atoms with Crippen LogP contribution in [0.2, 0.25) is 0 Å². The number of rotatable bonds is 6. The van der Waals surface area contributed by atoms with Crippen LogP contribution in [0.3, 0.4) is 0 Å². The maximum Gasteiger partial charge on any atom is 0.317 e. The molecule has 0 N–H and O–H groups in total. The van der Waals surface area contributed by atoms with Crippen LogP contribution in [0, 0.1) is 5.92 Å². The molecule has 3 unspecified atom stereocenters. The van der Waals surface area contributed by atoms with Crippen molar-refractivity contribution in [2.75, 3.05) is 19.6 Å². The van der Waals surface area contributed by atoms with Crippen molar-refractivity contribution in [2.24, 2.45) is 5.92 Å². The minimum atomic E-state index is -0.436. The van der Waals surface area contributed by atoms with Crippen molar-refractivity contribution < 1.29 is 9.53 Å². The molecule has 2 fully saturated rings. The third-order valence-corrected chi connectivity index (χ3v) is 5.96. The summed E-state index contributed by atoms with van der Waals surface area (Å²) >= 11 is 0. The zero-order valence-electron chi connectivity index (χ0n) is 14.5. The average Bonchev–Trinajstić information content (AvgIpc) is 2.89. The third-order valence-electron chi connectivity index (χ3n) is 5.96. The Hall–Kier alpha value is -1.35. The van der Waals surface area contributed by atoms with E-state index in [2.05, 4.69) is 43.0 Å². The predicted molar refractivity (Wildman–Crippen MR) is 92.4 cm³/mol. The molecule has 1 aromatic rings. The van der Waals surface area contributed by atoms with Crippen molar-refractivity contribution >= 4 is 5.97 Å². The molecular formula is C20H29NO2. The molecule has 1 aromatic carbocycles. The summed E-state index contributed by atoms with van der Waals surface area (Å²) in [6.45, 7) is 7.40. The second kappa shape index (κ2) is 7.04. The molecule has 1 heterocycles. The van der Waals surface area contributed by atoms with Gasteiger partial charge in [0, 0.05) is 5.92 Å². The summed E-state index contributed by atoms with van der Waals surface area (Å²) in [6, 6.07) is 10.4. The van der Waals surface area contributed by atoms with Crippen molar-refractivity contribution in [1.82, 2.24) is 4.90 Å². The summed E-state index contributed by atoms with van der Waals surface area (Å²) in [5, 5.41) is 0. The minimum Gasteiger partial charge on any atom is -0.461 e. The molecule has 0 radical (unpaired) electrons. The number of nitrogens with zero attached hydrogens (tertiary/aromatic N) is 1. The molecule has 23 heavy (non-hydrogen) atoms. The number of hydrogen-bond donors (Lipinski definition) is 0. The lowest BCUT2D eigenvalue weighted by Crippen LogP contribution is -2.43. The topological polar surface area (TPSA) is 29.5 Å². The van der Waals surface area contributed by atoms with Gasteiger partial charge in [-0.15, -0.1) is 0 Å². The Labute approximate surface area is 140 Å². The molecular weight excluding hydrogens is 286 g/mol. The number of esters is 1. The molecule has 0 bridgehead atoms. The number of ether oxygens (including phenoxy) is 1. The first-order valence-electron chi connectivity index (χ1n) is 9.21. The molecule has 0 amide bonds. The Kier molecular flexibility index (Phi) is 5.05. The van der Waals surface area contributed by atoms with Gasteiger partial charge < -0.3 is 9.64 Å². The van der Waals surface area contributed by atoms with Gasteiger partial charge in [-0.25, -0.2) is 0 Å². The second-order valence-corrected chi connectivity index (χ2v) is 6.95. The van der Waals surface area contributed by atoms with Gasteiger partial charge in [-0.1, -0.05) is 50.6 Å². The van der Waals surface area contributed by atoms with E-state index < -0.39 is 5.41 Å². The van der Waals surface area contributed by atoms with Crippen LogP contribution in [0.15, 0.2) is 30.3 Å². The Morgan fingerprint density at radius 3 is 2.52 bits per heavy atom. The van der Waals surface area contributed by atoms with E-state index in [0.717, 1.165) is 44.5 Å². The second-order valence-electron chi connectivity index (χ2n) is 6.95. The highest BCUT2D eigenvalue weighted by Crippen LogP contribution is 2.50. The molecule has 3 atom stereocenters. The fourth-order valence-corrected chi connectivity index (χ4v) is 4.57. The highest BCUT2D eigenvalue weighted by Gasteiger charge is 2.57. The quantitative estimate of drug-likeness (QED) is 0.748. The van der Waals surface area contributed by atoms with Gasteiger partial charge in [-0.05, 0) is 50.9 Å². The standard InChI is InChI=1S/C20H29NO2/c1-3-21(4-2)15-14-20(16-10-6-5-7-11-16)17-12-8-9-13-18(17)23-19(20)22/h5-7,10-11,17-18H,3-4,8-9,12-15H2,1-2H3. The lowest BCUT2D eigenvalue weighted by Gasteiger charge is -2.36. The number of carbonyl (C=O) groups is 1. The van der Waals surface area contributed by atoms with Crippen molar-refractivity contribution in [3.8, 4) is 0 Å². The van der Waals surface area contributed by atoms with Crippen LogP contribution in [0.1, 0.15) is 51.5 Å². The van der Waals surface area contributed by atoms with Gasteiger partial charge >= 0.3 is 5.97 Å². The summed E-state index contributed by atoms with van der Waals surface area (Å²) in [5.41, 5.74) is 0.723. The number of fused-ring (bicyclic) bond motifs is 1. The van der Waals surface area contributed by atoms with Gasteiger partial charge in [0.1, 0.15) is 11.5 Å². The zero-order valence-corrected chi connectivity index (χ0v) is 14.5. The van der Waals surface area contributed by atoms with E-state index >= 15 is 0 Å². The summed E-state index contributed by atoms with van der Waals surface area (Å²) in [7, 11) is 0. The van der Waals surface area contributed by atoms with Crippen LogP contribution in [0.25, 0.3) is 0 Å². The van der Waals surface area contributed by atoms with E-state index in [1.54, 1.807) is 0 Å². The van der Waals surface area contributed by atoms with Gasteiger partial charge in [-0.3, -0.25) is 4.79 Å². The van der Waals surface area contributed by atoms with Crippen LogP contribution in [-0.4, -0.2) is 36.6 Å². The first-order valence-corrected chi connectivity index (χ1v) is 9.21. The van der Waals surface area contributed by atoms with Crippen molar-refractivity contribution in [3.05, 3.63) is 35.9 Å². The molecule has 0 spiro atoms. The van der Waals surface area contributed by atoms with Crippen LogP contribution in [0.4, 0.5) is 0 Å². The Morgan fingerprint density at radius 1 is 1.13 bits per heavy atom. The van der Waals surface area contributed by atoms with Crippen LogP contribution < -0.4 is 0 Å². The van der Waals surface area contributed by atoms with Crippen LogP contribution in [-0.2, 0) is 14.9 Å². The van der Waals surface area contributed by atoms with E-state index in [9.17, 15) is 4.79 Å². The monoisotopic (exact) mass is 315 g/mol. The lowest BCUT2D eigenvalue weighted by molar-refractivity contribution is -0.146. The van der Waals surface area contributed by atoms with E-state index in [1.807, 2.05) is 6.07 Å². The Morgan fingerprint density at radius 2 is 1.83 bits per heavy atom. The molecule has 1 saturated carbocycles. The molecule has 2 aliphatic rings. The summed E-state index contributed by atoms with van der Waals surface area (Å²) in [4.78, 5) is 15.4. The normalized spacial score (nSPS) is 30.3. The maximum atomic E-state index is 13.0. The molecule has 3 nitrogen and oxygen atoms in total. The summed E-state index contributed by atoms with van der Waals surface area (Å²) in [5.74, 6) is 0.370. The predicted octanol–water partition coefficient (Wildman–Crippen LogP) is 3.77. The molecule has 1 aliphatic carbocycles. The number of carbonyl (C=O) groups excluding carboxylic acids is 1. The fourth-order valence-electron chi connectivity index (χ4n) is 4.57. The van der Waals surface area contributed by atoms with Gasteiger partial charge in [0.2, 0.25) is 0 Å². The van der Waals surface area contributed by atoms with Crippen molar-refractivity contribution in [2.45, 2.75) is 57.5 Å². The molecule has 126 valence electrons. The van der Waals surface area contributed by atoms with Gasteiger partial charge in [0.15, 0.2) is 0 Å². The first kappa shape index (κ1) is 16.5. The Balaban J connectivity index is 1.95. The summed E-state index contributed by atoms with van der Waals surface area (Å²) < 4.78 is 5.88. The number of hydrogen-bond acceptors (Lipinski definition) is 3. The molecule has 0 aromatic heterocycles. The Bertz CT molecular complexity index is 526. The molecule has 1 saturated heterocycles. The van der Waals surface area contributed by atoms with Gasteiger partial charge in [0.05, 0.1) is 0 Å². The largest absolute Gasteiger partial charge is 0.461 e. The van der Waals surface area contributed by atoms with Gasteiger partial charge in [-0.2, -0.15) is 0 Å². The average molecular weight is 315 g/mol. The van der Waals surface area contributed by atoms with E-state index in [4.69, 9.17) is 4.74 Å². The lowest BCUT2D eigenvalue weighted by atomic mass is 9.64. The smallest absolute Gasteiger partial charge is 0.317 e. The minimum absolute atomic E-state index is 0.0211. The van der Waals surface area contributed by atoms with Gasteiger partial charge in [0.25, 0.3) is 0 Å². The van der Waals surface area contributed by atoms with Crippen LogP contribution >= 0.6 is 0 Å². The highest BCUT2D eigenvalue weighted by atomic mass is 16.6. The van der Waals surface area contributed by atoms with Crippen molar-refractivity contribution in [3.63, 3.8) is 0 Å².